The number of carbonyl (C=O) groups excluding carboxylic acids is 1. The van der Waals surface area contributed by atoms with Crippen molar-refractivity contribution in [2.75, 3.05) is 6.54 Å². The normalized spacial score (nSPS) is 12.0. The first-order valence-electron chi connectivity index (χ1n) is 6.04. The molecule has 1 atom stereocenters. The van der Waals surface area contributed by atoms with Crippen LogP contribution < -0.4 is 5.32 Å². The van der Waals surface area contributed by atoms with Crippen molar-refractivity contribution in [3.05, 3.63) is 61.8 Å². The van der Waals surface area contributed by atoms with Crippen molar-refractivity contribution in [2.24, 2.45) is 0 Å². The summed E-state index contributed by atoms with van der Waals surface area (Å²) in [5.74, 6) is -1.44. The summed E-state index contributed by atoms with van der Waals surface area (Å²) in [5.41, 5.74) is 0.400. The molecule has 7 nitrogen and oxygen atoms in total. The Morgan fingerprint density at radius 3 is 2.68 bits per heavy atom. The monoisotopic (exact) mass is 344 g/mol. The molecule has 0 aliphatic carbocycles. The van der Waals surface area contributed by atoms with Crippen molar-refractivity contribution in [1.82, 2.24) is 5.32 Å². The van der Waals surface area contributed by atoms with Crippen LogP contribution in [0.25, 0.3) is 0 Å². The fraction of sp³-hybridized carbons (Fsp3) is 0.154. The lowest BCUT2D eigenvalue weighted by atomic mass is 10.1. The Labute approximate surface area is 134 Å². The number of nitrogens with one attached hydrogen (secondary N) is 1. The van der Waals surface area contributed by atoms with Gasteiger partial charge in [0.2, 0.25) is 0 Å². The van der Waals surface area contributed by atoms with Gasteiger partial charge < -0.3 is 14.8 Å². The van der Waals surface area contributed by atoms with E-state index in [1.54, 1.807) is 12.1 Å². The molecule has 0 saturated carbocycles. The number of aliphatic hydroxyl groups is 1. The van der Waals surface area contributed by atoms with Gasteiger partial charge in [-0.05, 0) is 18.2 Å². The Bertz CT molecular complexity index is 716. The van der Waals surface area contributed by atoms with Crippen molar-refractivity contribution in [2.45, 2.75) is 6.10 Å². The van der Waals surface area contributed by atoms with Gasteiger partial charge in [-0.2, -0.15) is 0 Å². The van der Waals surface area contributed by atoms with E-state index in [4.69, 9.17) is 27.6 Å². The number of nitrogens with zero attached hydrogens (tertiary/aromatic N) is 1. The highest BCUT2D eigenvalue weighted by Gasteiger charge is 2.19. The number of aliphatic hydroxyl groups excluding tert-OH is 1. The second-order valence-electron chi connectivity index (χ2n) is 4.29. The van der Waals surface area contributed by atoms with Gasteiger partial charge in [-0.1, -0.05) is 29.3 Å². The molecular weight excluding hydrogens is 335 g/mol. The minimum absolute atomic E-state index is 0.144. The van der Waals surface area contributed by atoms with Gasteiger partial charge in [0.05, 0.1) is 12.2 Å². The number of nitro groups is 1. The van der Waals surface area contributed by atoms with Gasteiger partial charge >= 0.3 is 5.88 Å². The molecule has 0 spiro atoms. The fourth-order valence-electron chi connectivity index (χ4n) is 1.71. The van der Waals surface area contributed by atoms with Gasteiger partial charge in [-0.15, -0.1) is 0 Å². The number of hydrogen-bond donors (Lipinski definition) is 2. The van der Waals surface area contributed by atoms with Crippen LogP contribution in [0.4, 0.5) is 5.88 Å². The molecule has 2 N–H and O–H groups in total. The SMILES string of the molecule is O=C(NCC(O)c1ccc(Cl)cc1Cl)c1ccc([N+](=O)[O-])o1. The third-order valence-electron chi connectivity index (χ3n) is 2.77. The standard InChI is InChI=1S/C13H10Cl2N2O5/c14-7-1-2-8(9(15)5-7)10(18)6-16-13(19)11-3-4-12(22-11)17(20)21/h1-5,10,18H,6H2,(H,16,19). The fourth-order valence-corrected chi connectivity index (χ4v) is 2.24. The Balaban J connectivity index is 1.99. The number of furan rings is 1. The predicted molar refractivity (Wildman–Crippen MR) is 79.1 cm³/mol. The zero-order valence-electron chi connectivity index (χ0n) is 11.0. The molecule has 1 amide bonds. The van der Waals surface area contributed by atoms with Crippen LogP contribution in [0.15, 0.2) is 34.7 Å². The van der Waals surface area contributed by atoms with Gasteiger partial charge in [-0.3, -0.25) is 14.9 Å². The lowest BCUT2D eigenvalue weighted by Gasteiger charge is -2.13. The van der Waals surface area contributed by atoms with E-state index in [9.17, 15) is 20.0 Å². The molecule has 22 heavy (non-hydrogen) atoms. The van der Waals surface area contributed by atoms with Gasteiger partial charge in [-0.25, -0.2) is 0 Å². The summed E-state index contributed by atoms with van der Waals surface area (Å²) in [5, 5.41) is 23.6. The molecule has 0 saturated heterocycles. The Morgan fingerprint density at radius 1 is 1.36 bits per heavy atom. The maximum atomic E-state index is 11.8. The van der Waals surface area contributed by atoms with Crippen LogP contribution in [0.3, 0.4) is 0 Å². The summed E-state index contributed by atoms with van der Waals surface area (Å²) in [4.78, 5) is 21.5. The molecule has 0 bridgehead atoms. The molecule has 1 aromatic heterocycles. The molecule has 116 valence electrons. The van der Waals surface area contributed by atoms with Crippen LogP contribution >= 0.6 is 23.2 Å². The van der Waals surface area contributed by atoms with Crippen molar-refractivity contribution in [1.29, 1.82) is 0 Å². The third kappa shape index (κ3) is 3.76. The molecule has 0 radical (unpaired) electrons. The molecule has 2 aromatic rings. The van der Waals surface area contributed by atoms with E-state index < -0.39 is 22.8 Å². The summed E-state index contributed by atoms with van der Waals surface area (Å²) in [6.07, 6.45) is -1.06. The van der Waals surface area contributed by atoms with Crippen LogP contribution in [0.5, 0.6) is 0 Å². The number of halogens is 2. The summed E-state index contributed by atoms with van der Waals surface area (Å²) in [6.45, 7) is -0.144. The Kier molecular flexibility index (Phi) is 5.02. The van der Waals surface area contributed by atoms with E-state index in [1.807, 2.05) is 0 Å². The van der Waals surface area contributed by atoms with Crippen molar-refractivity contribution < 1.29 is 19.2 Å². The topological polar surface area (TPSA) is 106 Å². The summed E-state index contributed by atoms with van der Waals surface area (Å²) in [7, 11) is 0. The zero-order chi connectivity index (χ0) is 16.3. The quantitative estimate of drug-likeness (QED) is 0.640. The van der Waals surface area contributed by atoms with E-state index in [-0.39, 0.29) is 17.3 Å². The first-order chi connectivity index (χ1) is 10.4. The van der Waals surface area contributed by atoms with Gasteiger partial charge in [0, 0.05) is 22.2 Å². The predicted octanol–water partition coefficient (Wildman–Crippen LogP) is 2.96. The molecule has 1 heterocycles. The molecule has 1 unspecified atom stereocenters. The number of carbonyl (C=O) groups is 1. The molecule has 0 fully saturated rings. The maximum Gasteiger partial charge on any atom is 0.433 e. The summed E-state index contributed by atoms with van der Waals surface area (Å²) < 4.78 is 4.75. The summed E-state index contributed by atoms with van der Waals surface area (Å²) >= 11 is 11.7. The summed E-state index contributed by atoms with van der Waals surface area (Å²) in [6, 6.07) is 6.82. The third-order valence-corrected chi connectivity index (χ3v) is 3.34. The van der Waals surface area contributed by atoms with Crippen molar-refractivity contribution in [3.63, 3.8) is 0 Å². The smallest absolute Gasteiger partial charge is 0.395 e. The first-order valence-corrected chi connectivity index (χ1v) is 6.79. The average molecular weight is 345 g/mol. The van der Waals surface area contributed by atoms with Crippen LogP contribution in [-0.4, -0.2) is 22.5 Å². The lowest BCUT2D eigenvalue weighted by Crippen LogP contribution is -2.28. The van der Waals surface area contributed by atoms with Crippen LogP contribution in [-0.2, 0) is 0 Å². The van der Waals surface area contributed by atoms with Gasteiger partial charge in [0.15, 0.2) is 5.76 Å². The Morgan fingerprint density at radius 2 is 2.09 bits per heavy atom. The minimum atomic E-state index is -1.06. The molecule has 0 aliphatic rings. The van der Waals surface area contributed by atoms with Crippen LogP contribution in [0, 0.1) is 10.1 Å². The van der Waals surface area contributed by atoms with Crippen molar-refractivity contribution in [3.8, 4) is 0 Å². The second kappa shape index (κ2) is 6.78. The number of benzene rings is 1. The van der Waals surface area contributed by atoms with E-state index in [0.29, 0.717) is 10.6 Å². The van der Waals surface area contributed by atoms with E-state index in [2.05, 4.69) is 5.32 Å². The molecule has 2 rings (SSSR count). The van der Waals surface area contributed by atoms with E-state index in [1.165, 1.54) is 12.1 Å². The number of rotatable bonds is 5. The highest BCUT2D eigenvalue weighted by atomic mass is 35.5. The molecular formula is C13H10Cl2N2O5. The van der Waals surface area contributed by atoms with E-state index in [0.717, 1.165) is 6.07 Å². The van der Waals surface area contributed by atoms with Crippen molar-refractivity contribution >= 4 is 35.0 Å². The first kappa shape index (κ1) is 16.3. The number of amides is 1. The average Bonchev–Trinajstić information content (AvgIpc) is 2.94. The highest BCUT2D eigenvalue weighted by molar-refractivity contribution is 6.35. The molecule has 1 aromatic carbocycles. The second-order valence-corrected chi connectivity index (χ2v) is 5.13. The van der Waals surface area contributed by atoms with Crippen LogP contribution in [0.1, 0.15) is 22.2 Å². The van der Waals surface area contributed by atoms with Crippen LogP contribution in [0.2, 0.25) is 10.0 Å². The zero-order valence-corrected chi connectivity index (χ0v) is 12.5. The lowest BCUT2D eigenvalue weighted by molar-refractivity contribution is -0.402. The Hall–Kier alpha value is -2.09. The maximum absolute atomic E-state index is 11.8. The van der Waals surface area contributed by atoms with Gasteiger partial charge in [0.25, 0.3) is 5.91 Å². The number of hydrogen-bond acceptors (Lipinski definition) is 5. The largest absolute Gasteiger partial charge is 0.433 e. The molecule has 0 aliphatic heterocycles. The van der Waals surface area contributed by atoms with Gasteiger partial charge in [0.1, 0.15) is 4.92 Å². The highest BCUT2D eigenvalue weighted by Crippen LogP contribution is 2.26. The van der Waals surface area contributed by atoms with E-state index >= 15 is 0 Å². The minimum Gasteiger partial charge on any atom is -0.395 e. The molecule has 9 heteroatoms.